The van der Waals surface area contributed by atoms with Gasteiger partial charge < -0.3 is 10.1 Å². The van der Waals surface area contributed by atoms with Gasteiger partial charge in [0.15, 0.2) is 0 Å². The lowest BCUT2D eigenvalue weighted by Gasteiger charge is -2.23. The number of rotatable bonds is 3. The number of hydrogen-bond acceptors (Lipinski definition) is 2. The van der Waals surface area contributed by atoms with Crippen LogP contribution in [0, 0.1) is 0 Å². The molecule has 0 spiro atoms. The van der Waals surface area contributed by atoms with Gasteiger partial charge >= 0.3 is 12.5 Å². The van der Waals surface area contributed by atoms with Crippen LogP contribution in [0.1, 0.15) is 23.6 Å². The van der Waals surface area contributed by atoms with Crippen LogP contribution in [-0.2, 0) is 22.8 Å². The van der Waals surface area contributed by atoms with Crippen LogP contribution in [0.25, 0.3) is 0 Å². The molecule has 2 aromatic carbocycles. The molecule has 1 unspecified atom stereocenters. The molecule has 1 amide bonds. The third kappa shape index (κ3) is 3.86. The summed E-state index contributed by atoms with van der Waals surface area (Å²) in [6.07, 6.45) is -9.56. The van der Waals surface area contributed by atoms with Gasteiger partial charge in [-0.25, -0.2) is 0 Å². The average Bonchev–Trinajstić information content (AvgIpc) is 2.77. The Bertz CT molecular complexity index is 890. The maximum Gasteiger partial charge on any atom is 0.573 e. The molecule has 0 saturated carbocycles. The van der Waals surface area contributed by atoms with Crippen molar-refractivity contribution < 1.29 is 35.9 Å². The van der Waals surface area contributed by atoms with Crippen LogP contribution < -0.4 is 10.1 Å². The van der Waals surface area contributed by atoms with E-state index in [0.29, 0.717) is 5.69 Å². The molecule has 2 aromatic rings. The minimum atomic E-state index is -4.90. The van der Waals surface area contributed by atoms with Crippen LogP contribution >= 0.6 is 0 Å². The van der Waals surface area contributed by atoms with Crippen molar-refractivity contribution >= 4 is 11.6 Å². The largest absolute Gasteiger partial charge is 0.573 e. The van der Waals surface area contributed by atoms with E-state index in [1.165, 1.54) is 25.1 Å². The van der Waals surface area contributed by atoms with E-state index in [1.807, 2.05) is 0 Å². The fraction of sp³-hybridized carbons (Fsp3) is 0.278. The molecule has 0 fully saturated rings. The van der Waals surface area contributed by atoms with Gasteiger partial charge in [0.1, 0.15) is 5.75 Å². The second-order valence-electron chi connectivity index (χ2n) is 6.42. The molecule has 0 aliphatic carbocycles. The number of alkyl halides is 6. The summed E-state index contributed by atoms with van der Waals surface area (Å²) in [5.74, 6) is -1.02. The zero-order valence-corrected chi connectivity index (χ0v) is 13.8. The number of fused-ring (bicyclic) bond motifs is 1. The number of hydrogen-bond donors (Lipinski definition) is 1. The van der Waals surface area contributed by atoms with E-state index < -0.39 is 35.2 Å². The molecule has 0 saturated heterocycles. The highest BCUT2D eigenvalue weighted by molar-refractivity contribution is 6.06. The van der Waals surface area contributed by atoms with Crippen LogP contribution in [0.3, 0.4) is 0 Å². The molecule has 27 heavy (non-hydrogen) atoms. The Hall–Kier alpha value is -2.71. The number of carbonyl (C=O) groups excluding carboxylic acids is 1. The molecule has 1 aliphatic rings. The Kier molecular flexibility index (Phi) is 4.36. The molecule has 0 bridgehead atoms. The van der Waals surface area contributed by atoms with Gasteiger partial charge in [-0.3, -0.25) is 4.79 Å². The summed E-state index contributed by atoms with van der Waals surface area (Å²) in [5.41, 5.74) is -1.45. The molecule has 1 heterocycles. The summed E-state index contributed by atoms with van der Waals surface area (Å²) in [6.45, 7) is 1.46. The molecule has 1 N–H and O–H groups in total. The monoisotopic (exact) mass is 389 g/mol. The lowest BCUT2D eigenvalue weighted by atomic mass is 9.78. The number of benzene rings is 2. The molecular formula is C18H13F6NO2. The van der Waals surface area contributed by atoms with Gasteiger partial charge in [-0.1, -0.05) is 18.2 Å². The SMILES string of the molecule is CC1(Cc2cccc(C(F)(F)F)c2)C(=O)Nc2ccc(OC(F)(F)F)cc21. The van der Waals surface area contributed by atoms with Crippen molar-refractivity contribution in [1.29, 1.82) is 0 Å². The molecule has 3 rings (SSSR count). The van der Waals surface area contributed by atoms with E-state index in [-0.39, 0.29) is 17.5 Å². The van der Waals surface area contributed by atoms with Gasteiger partial charge in [-0.05, 0) is 48.7 Å². The van der Waals surface area contributed by atoms with Crippen LogP contribution in [0.15, 0.2) is 42.5 Å². The lowest BCUT2D eigenvalue weighted by molar-refractivity contribution is -0.274. The zero-order valence-electron chi connectivity index (χ0n) is 13.8. The van der Waals surface area contributed by atoms with Gasteiger partial charge in [-0.15, -0.1) is 13.2 Å². The van der Waals surface area contributed by atoms with Crippen molar-refractivity contribution in [2.45, 2.75) is 31.3 Å². The number of nitrogens with one attached hydrogen (secondary N) is 1. The Labute approximate surface area is 149 Å². The van der Waals surface area contributed by atoms with Crippen LogP contribution in [0.4, 0.5) is 32.0 Å². The second kappa shape index (κ2) is 6.17. The van der Waals surface area contributed by atoms with Gasteiger partial charge in [0.25, 0.3) is 0 Å². The summed E-state index contributed by atoms with van der Waals surface area (Å²) in [5, 5.41) is 2.55. The van der Waals surface area contributed by atoms with Crippen molar-refractivity contribution in [1.82, 2.24) is 0 Å². The van der Waals surface area contributed by atoms with E-state index in [0.717, 1.165) is 24.3 Å². The van der Waals surface area contributed by atoms with E-state index in [4.69, 9.17) is 0 Å². The van der Waals surface area contributed by atoms with Gasteiger partial charge in [0, 0.05) is 5.69 Å². The number of amides is 1. The fourth-order valence-corrected chi connectivity index (χ4v) is 3.11. The van der Waals surface area contributed by atoms with Crippen molar-refractivity contribution in [3.8, 4) is 5.75 Å². The molecule has 9 heteroatoms. The van der Waals surface area contributed by atoms with Crippen molar-refractivity contribution in [2.24, 2.45) is 0 Å². The molecule has 3 nitrogen and oxygen atoms in total. The van der Waals surface area contributed by atoms with E-state index >= 15 is 0 Å². The predicted molar refractivity (Wildman–Crippen MR) is 84.3 cm³/mol. The quantitative estimate of drug-likeness (QED) is 0.746. The molecule has 0 radical (unpaired) electrons. The Morgan fingerprint density at radius 2 is 1.74 bits per heavy atom. The first-order valence-electron chi connectivity index (χ1n) is 7.76. The van der Waals surface area contributed by atoms with Crippen molar-refractivity contribution in [3.63, 3.8) is 0 Å². The fourth-order valence-electron chi connectivity index (χ4n) is 3.11. The second-order valence-corrected chi connectivity index (χ2v) is 6.42. The maximum absolute atomic E-state index is 12.9. The minimum Gasteiger partial charge on any atom is -0.406 e. The lowest BCUT2D eigenvalue weighted by Crippen LogP contribution is -2.33. The first-order chi connectivity index (χ1) is 12.4. The molecule has 1 aliphatic heterocycles. The van der Waals surface area contributed by atoms with Crippen molar-refractivity contribution in [2.75, 3.05) is 5.32 Å². The third-order valence-electron chi connectivity index (χ3n) is 4.38. The van der Waals surface area contributed by atoms with E-state index in [9.17, 15) is 31.1 Å². The van der Waals surface area contributed by atoms with Gasteiger partial charge in [0.2, 0.25) is 5.91 Å². The zero-order chi connectivity index (χ0) is 20.0. The average molecular weight is 389 g/mol. The summed E-state index contributed by atoms with van der Waals surface area (Å²) >= 11 is 0. The standard InChI is InChI=1S/C18H13F6NO2/c1-16(9-10-3-2-4-11(7-10)17(19,20)21)13-8-12(27-18(22,23)24)5-6-14(13)25-15(16)26/h2-8H,9H2,1H3,(H,25,26). The van der Waals surface area contributed by atoms with Crippen LogP contribution in [0.2, 0.25) is 0 Å². The number of carbonyl (C=O) groups is 1. The number of anilines is 1. The number of ether oxygens (including phenoxy) is 1. The highest BCUT2D eigenvalue weighted by atomic mass is 19.4. The topological polar surface area (TPSA) is 38.3 Å². The molecular weight excluding hydrogens is 376 g/mol. The normalized spacial score (nSPS) is 19.6. The van der Waals surface area contributed by atoms with E-state index in [1.54, 1.807) is 0 Å². The highest BCUT2D eigenvalue weighted by Gasteiger charge is 2.44. The Morgan fingerprint density at radius 3 is 2.37 bits per heavy atom. The van der Waals surface area contributed by atoms with Crippen LogP contribution in [-0.4, -0.2) is 12.3 Å². The van der Waals surface area contributed by atoms with Gasteiger partial charge in [-0.2, -0.15) is 13.2 Å². The predicted octanol–water partition coefficient (Wildman–Crippen LogP) is 5.06. The van der Waals surface area contributed by atoms with Crippen molar-refractivity contribution in [3.05, 3.63) is 59.2 Å². The van der Waals surface area contributed by atoms with Gasteiger partial charge in [0.05, 0.1) is 11.0 Å². The first-order valence-corrected chi connectivity index (χ1v) is 7.76. The van der Waals surface area contributed by atoms with E-state index in [2.05, 4.69) is 10.1 Å². The molecule has 144 valence electrons. The van der Waals surface area contributed by atoms with Crippen LogP contribution in [0.5, 0.6) is 5.75 Å². The molecule has 1 atom stereocenters. The maximum atomic E-state index is 12.9. The highest BCUT2D eigenvalue weighted by Crippen LogP contribution is 2.43. The summed E-state index contributed by atoms with van der Waals surface area (Å²) < 4.78 is 79.9. The third-order valence-corrected chi connectivity index (χ3v) is 4.38. The Morgan fingerprint density at radius 1 is 1.04 bits per heavy atom. The smallest absolute Gasteiger partial charge is 0.406 e. The summed E-state index contributed by atoms with van der Waals surface area (Å²) in [6, 6.07) is 7.89. The summed E-state index contributed by atoms with van der Waals surface area (Å²) in [4.78, 5) is 12.4. The Balaban J connectivity index is 1.97. The first kappa shape index (κ1) is 19.1. The number of halogens is 6. The molecule has 0 aromatic heterocycles. The minimum absolute atomic E-state index is 0.120. The summed E-state index contributed by atoms with van der Waals surface area (Å²) in [7, 11) is 0.